The first-order chi connectivity index (χ1) is 8.90. The van der Waals surface area contributed by atoms with Crippen molar-refractivity contribution in [3.05, 3.63) is 0 Å². The zero-order valence-corrected chi connectivity index (χ0v) is 11.4. The Labute approximate surface area is 112 Å². The van der Waals surface area contributed by atoms with Crippen LogP contribution >= 0.6 is 0 Å². The van der Waals surface area contributed by atoms with Crippen LogP contribution < -0.4 is 5.32 Å². The predicted octanol–water partition coefficient (Wildman–Crippen LogP) is 0.113. The second kappa shape index (κ2) is 7.08. The molecule has 108 valence electrons. The van der Waals surface area contributed by atoms with Gasteiger partial charge < -0.3 is 14.9 Å². The summed E-state index contributed by atoms with van der Waals surface area (Å²) in [5.74, 6) is -1.59. The lowest BCUT2D eigenvalue weighted by Crippen LogP contribution is -2.51. The molecule has 1 unspecified atom stereocenters. The molecule has 0 aromatic rings. The van der Waals surface area contributed by atoms with Crippen LogP contribution in [0.25, 0.3) is 0 Å². The Kier molecular flexibility index (Phi) is 5.75. The van der Waals surface area contributed by atoms with Gasteiger partial charge in [0.05, 0.1) is 6.42 Å². The van der Waals surface area contributed by atoms with Gasteiger partial charge in [0.25, 0.3) is 0 Å². The number of carbonyl (C=O) groups excluding carboxylic acids is 2. The summed E-state index contributed by atoms with van der Waals surface area (Å²) in [7, 11) is 3.92. The Balaban J connectivity index is 2.40. The first kappa shape index (κ1) is 15.4. The maximum atomic E-state index is 11.8. The van der Waals surface area contributed by atoms with Crippen molar-refractivity contribution in [2.75, 3.05) is 27.2 Å². The van der Waals surface area contributed by atoms with E-state index in [1.54, 1.807) is 4.90 Å². The summed E-state index contributed by atoms with van der Waals surface area (Å²) in [6.07, 6.45) is 1.49. The molecule has 0 radical (unpaired) electrons. The fourth-order valence-corrected chi connectivity index (χ4v) is 2.04. The molecule has 0 aromatic carbocycles. The number of amides is 3. The number of carboxylic acid groups (broad SMARTS) is 1. The first-order valence-corrected chi connectivity index (χ1v) is 6.37. The van der Waals surface area contributed by atoms with E-state index in [0.717, 1.165) is 12.8 Å². The number of likely N-dealkylation sites (tertiary alicyclic amines) is 1. The fraction of sp³-hybridized carbons (Fsp3) is 0.750. The number of nitrogens with zero attached hydrogens (tertiary/aromatic N) is 2. The van der Waals surface area contributed by atoms with E-state index in [2.05, 4.69) is 10.2 Å². The summed E-state index contributed by atoms with van der Waals surface area (Å²) < 4.78 is 0. The van der Waals surface area contributed by atoms with Gasteiger partial charge in [-0.1, -0.05) is 0 Å². The topological polar surface area (TPSA) is 90.0 Å². The van der Waals surface area contributed by atoms with Gasteiger partial charge in [0, 0.05) is 25.6 Å². The normalized spacial score (nSPS) is 19.3. The van der Waals surface area contributed by atoms with Crippen LogP contribution in [0.3, 0.4) is 0 Å². The lowest BCUT2D eigenvalue weighted by molar-refractivity contribution is -0.138. The number of nitrogens with one attached hydrogen (secondary N) is 1. The van der Waals surface area contributed by atoms with Crippen LogP contribution in [0.1, 0.15) is 25.7 Å². The van der Waals surface area contributed by atoms with E-state index in [4.69, 9.17) is 5.11 Å². The van der Waals surface area contributed by atoms with Crippen molar-refractivity contribution >= 4 is 17.9 Å². The minimum absolute atomic E-state index is 0.175. The summed E-state index contributed by atoms with van der Waals surface area (Å²) in [4.78, 5) is 37.2. The second-order valence-electron chi connectivity index (χ2n) is 4.95. The molecule has 19 heavy (non-hydrogen) atoms. The Morgan fingerprint density at radius 1 is 1.32 bits per heavy atom. The molecule has 2 N–H and O–H groups in total. The Morgan fingerprint density at radius 2 is 2.00 bits per heavy atom. The number of hydrogen-bond donors (Lipinski definition) is 2. The van der Waals surface area contributed by atoms with Crippen molar-refractivity contribution in [3.63, 3.8) is 0 Å². The first-order valence-electron chi connectivity index (χ1n) is 6.37. The highest BCUT2D eigenvalue weighted by molar-refractivity contribution is 5.95. The van der Waals surface area contributed by atoms with E-state index in [9.17, 15) is 14.4 Å². The second-order valence-corrected chi connectivity index (χ2v) is 4.95. The molecule has 1 heterocycles. The summed E-state index contributed by atoms with van der Waals surface area (Å²) in [6.45, 7) is 1.22. The lowest BCUT2D eigenvalue weighted by Gasteiger charge is -2.35. The van der Waals surface area contributed by atoms with Gasteiger partial charge in [0.2, 0.25) is 5.91 Å². The quantitative estimate of drug-likeness (QED) is 0.757. The molecular formula is C12H21N3O4. The van der Waals surface area contributed by atoms with E-state index < -0.39 is 17.9 Å². The summed E-state index contributed by atoms with van der Waals surface area (Å²) in [5.41, 5.74) is 0. The molecule has 0 aromatic heterocycles. The van der Waals surface area contributed by atoms with Crippen molar-refractivity contribution in [1.29, 1.82) is 0 Å². The molecule has 0 spiro atoms. The van der Waals surface area contributed by atoms with Crippen LogP contribution in [0.15, 0.2) is 0 Å². The molecule has 1 rings (SSSR count). The SMILES string of the molecule is CN(C)C1CCCN(C(=O)NC(=O)CCC(=O)O)C1. The number of rotatable bonds is 4. The van der Waals surface area contributed by atoms with Gasteiger partial charge >= 0.3 is 12.0 Å². The number of carboxylic acids is 1. The van der Waals surface area contributed by atoms with Gasteiger partial charge in [-0.3, -0.25) is 14.9 Å². The molecule has 1 aliphatic rings. The van der Waals surface area contributed by atoms with E-state index in [1.807, 2.05) is 14.1 Å². The monoisotopic (exact) mass is 271 g/mol. The van der Waals surface area contributed by atoms with Crippen molar-refractivity contribution in [3.8, 4) is 0 Å². The van der Waals surface area contributed by atoms with Crippen LogP contribution in [-0.2, 0) is 9.59 Å². The third kappa shape index (κ3) is 5.25. The fourth-order valence-electron chi connectivity index (χ4n) is 2.04. The van der Waals surface area contributed by atoms with Crippen LogP contribution in [0.5, 0.6) is 0 Å². The van der Waals surface area contributed by atoms with Crippen molar-refractivity contribution in [2.24, 2.45) is 0 Å². The molecule has 7 nitrogen and oxygen atoms in total. The van der Waals surface area contributed by atoms with Gasteiger partial charge in [-0.2, -0.15) is 0 Å². The van der Waals surface area contributed by atoms with Gasteiger partial charge in [-0.25, -0.2) is 4.79 Å². The number of urea groups is 1. The molecule has 0 aliphatic carbocycles. The van der Waals surface area contributed by atoms with Gasteiger partial charge in [-0.05, 0) is 26.9 Å². The largest absolute Gasteiger partial charge is 0.481 e. The molecule has 1 aliphatic heterocycles. The van der Waals surface area contributed by atoms with E-state index in [0.29, 0.717) is 19.1 Å². The Bertz CT molecular complexity index is 357. The molecule has 7 heteroatoms. The van der Waals surface area contributed by atoms with Crippen molar-refractivity contribution in [1.82, 2.24) is 15.1 Å². The van der Waals surface area contributed by atoms with Gasteiger partial charge in [0.15, 0.2) is 0 Å². The zero-order chi connectivity index (χ0) is 14.4. The molecule has 0 bridgehead atoms. The molecule has 3 amide bonds. The van der Waals surface area contributed by atoms with Gasteiger partial charge in [-0.15, -0.1) is 0 Å². The van der Waals surface area contributed by atoms with E-state index in [-0.39, 0.29) is 12.8 Å². The number of aliphatic carboxylic acids is 1. The Morgan fingerprint density at radius 3 is 2.58 bits per heavy atom. The number of hydrogen-bond acceptors (Lipinski definition) is 4. The van der Waals surface area contributed by atoms with Crippen molar-refractivity contribution < 1.29 is 19.5 Å². The van der Waals surface area contributed by atoms with Crippen LogP contribution in [0, 0.1) is 0 Å². The highest BCUT2D eigenvalue weighted by Crippen LogP contribution is 2.13. The maximum Gasteiger partial charge on any atom is 0.324 e. The maximum absolute atomic E-state index is 11.8. The number of likely N-dealkylation sites (N-methyl/N-ethyl adjacent to an activating group) is 1. The predicted molar refractivity (Wildman–Crippen MR) is 68.7 cm³/mol. The average Bonchev–Trinajstić information content (AvgIpc) is 2.36. The van der Waals surface area contributed by atoms with Crippen LogP contribution in [0.2, 0.25) is 0 Å². The summed E-state index contributed by atoms with van der Waals surface area (Å²) >= 11 is 0. The van der Waals surface area contributed by atoms with Crippen LogP contribution in [0.4, 0.5) is 4.79 Å². The zero-order valence-electron chi connectivity index (χ0n) is 11.4. The number of imide groups is 1. The van der Waals surface area contributed by atoms with E-state index >= 15 is 0 Å². The number of carbonyl (C=O) groups is 3. The molecule has 1 saturated heterocycles. The molecule has 0 saturated carbocycles. The van der Waals surface area contributed by atoms with Crippen LogP contribution in [-0.4, -0.2) is 66.0 Å². The smallest absolute Gasteiger partial charge is 0.324 e. The highest BCUT2D eigenvalue weighted by atomic mass is 16.4. The lowest BCUT2D eigenvalue weighted by atomic mass is 10.1. The van der Waals surface area contributed by atoms with Gasteiger partial charge in [0.1, 0.15) is 0 Å². The molecular weight excluding hydrogens is 250 g/mol. The standard InChI is InChI=1S/C12H21N3O4/c1-14(2)9-4-3-7-15(8-9)12(19)13-10(16)5-6-11(17)18/h9H,3-8H2,1-2H3,(H,17,18)(H,13,16,19). The Hall–Kier alpha value is -1.63. The molecule has 1 fully saturated rings. The van der Waals surface area contributed by atoms with E-state index in [1.165, 1.54) is 0 Å². The minimum atomic E-state index is -1.05. The minimum Gasteiger partial charge on any atom is -0.481 e. The third-order valence-corrected chi connectivity index (χ3v) is 3.23. The highest BCUT2D eigenvalue weighted by Gasteiger charge is 2.25. The third-order valence-electron chi connectivity index (χ3n) is 3.23. The number of piperidine rings is 1. The van der Waals surface area contributed by atoms with Crippen molar-refractivity contribution in [2.45, 2.75) is 31.7 Å². The summed E-state index contributed by atoms with van der Waals surface area (Å²) in [5, 5.41) is 10.7. The average molecular weight is 271 g/mol. The summed E-state index contributed by atoms with van der Waals surface area (Å²) in [6, 6.07) is -0.129. The molecule has 1 atom stereocenters.